The number of rotatable bonds is 11. The zero-order chi connectivity index (χ0) is 24.6. The molecule has 0 saturated carbocycles. The lowest BCUT2D eigenvalue weighted by molar-refractivity contribution is -0.119. The number of carbonyl (C=O) groups excluding carboxylic acids is 1. The van der Waals surface area contributed by atoms with E-state index in [0.29, 0.717) is 31.0 Å². The number of nitrogens with zero attached hydrogens (tertiary/aromatic N) is 1. The summed E-state index contributed by atoms with van der Waals surface area (Å²) in [6.07, 6.45) is 0.615. The number of aryl methyl sites for hydroxylation is 1. The third-order valence-corrected chi connectivity index (χ3v) is 7.01. The van der Waals surface area contributed by atoms with Gasteiger partial charge >= 0.3 is 0 Å². The minimum absolute atomic E-state index is 0.123. The van der Waals surface area contributed by atoms with Gasteiger partial charge in [-0.3, -0.25) is 9.10 Å². The smallest absolute Gasteiger partial charge is 0.264 e. The number of sulfonamides is 1. The van der Waals surface area contributed by atoms with Crippen LogP contribution in [0.25, 0.3) is 0 Å². The van der Waals surface area contributed by atoms with E-state index in [0.717, 1.165) is 21.2 Å². The standard InChI is InChI=1S/C26H30N2O5S/c1-4-33-24-13-9-22(10-14-24)28(34(30,31)25-15-5-20(2)6-16-25)19-26(29)27-18-17-21-7-11-23(32-3)12-8-21/h5-16H,4,17-19H2,1-3H3,(H,27,29). The third kappa shape index (κ3) is 6.51. The lowest BCUT2D eigenvalue weighted by Gasteiger charge is -2.24. The van der Waals surface area contributed by atoms with Gasteiger partial charge in [0, 0.05) is 6.54 Å². The quantitative estimate of drug-likeness (QED) is 0.447. The molecule has 0 aliphatic carbocycles. The highest BCUT2D eigenvalue weighted by molar-refractivity contribution is 7.92. The van der Waals surface area contributed by atoms with Crippen LogP contribution in [-0.2, 0) is 21.2 Å². The molecule has 0 saturated heterocycles. The summed E-state index contributed by atoms with van der Waals surface area (Å²) in [7, 11) is -2.35. The van der Waals surface area contributed by atoms with Gasteiger partial charge in [0.25, 0.3) is 10.0 Å². The Labute approximate surface area is 201 Å². The molecule has 1 amide bonds. The molecular formula is C26H30N2O5S. The average molecular weight is 483 g/mol. The van der Waals surface area contributed by atoms with Crippen molar-refractivity contribution in [2.24, 2.45) is 0 Å². The Morgan fingerprint density at radius 2 is 1.53 bits per heavy atom. The molecular weight excluding hydrogens is 452 g/mol. The van der Waals surface area contributed by atoms with Crippen LogP contribution in [0.2, 0.25) is 0 Å². The van der Waals surface area contributed by atoms with Crippen molar-refractivity contribution in [2.75, 3.05) is 31.1 Å². The van der Waals surface area contributed by atoms with Crippen molar-refractivity contribution in [2.45, 2.75) is 25.2 Å². The third-order valence-electron chi connectivity index (χ3n) is 5.23. The molecule has 1 N–H and O–H groups in total. The highest BCUT2D eigenvalue weighted by atomic mass is 32.2. The number of benzene rings is 3. The van der Waals surface area contributed by atoms with Crippen LogP contribution >= 0.6 is 0 Å². The van der Waals surface area contributed by atoms with Crippen LogP contribution in [0.3, 0.4) is 0 Å². The van der Waals surface area contributed by atoms with Gasteiger partial charge in [-0.1, -0.05) is 29.8 Å². The molecule has 0 aliphatic rings. The summed E-state index contributed by atoms with van der Waals surface area (Å²) >= 11 is 0. The van der Waals surface area contributed by atoms with E-state index in [1.165, 1.54) is 0 Å². The van der Waals surface area contributed by atoms with E-state index in [1.807, 2.05) is 38.1 Å². The minimum Gasteiger partial charge on any atom is -0.497 e. The zero-order valence-corrected chi connectivity index (χ0v) is 20.5. The number of methoxy groups -OCH3 is 1. The first kappa shape index (κ1) is 25.1. The molecule has 7 nitrogen and oxygen atoms in total. The van der Waals surface area contributed by atoms with Gasteiger partial charge in [-0.15, -0.1) is 0 Å². The SMILES string of the molecule is CCOc1ccc(N(CC(=O)NCCc2ccc(OC)cc2)S(=O)(=O)c2ccc(C)cc2)cc1. The Kier molecular flexibility index (Phi) is 8.54. The molecule has 0 aromatic heterocycles. The molecule has 3 rings (SSSR count). The lowest BCUT2D eigenvalue weighted by atomic mass is 10.1. The lowest BCUT2D eigenvalue weighted by Crippen LogP contribution is -2.41. The molecule has 0 unspecified atom stereocenters. The Morgan fingerprint density at radius 1 is 0.912 bits per heavy atom. The number of amides is 1. The van der Waals surface area contributed by atoms with Crippen molar-refractivity contribution in [1.29, 1.82) is 0 Å². The van der Waals surface area contributed by atoms with Gasteiger partial charge in [0.1, 0.15) is 18.0 Å². The van der Waals surface area contributed by atoms with Crippen LogP contribution in [0.4, 0.5) is 5.69 Å². The zero-order valence-electron chi connectivity index (χ0n) is 19.7. The molecule has 0 aliphatic heterocycles. The van der Waals surface area contributed by atoms with Gasteiger partial charge in [0.15, 0.2) is 0 Å². The first-order valence-corrected chi connectivity index (χ1v) is 12.5. The second-order valence-electron chi connectivity index (χ2n) is 7.70. The van der Waals surface area contributed by atoms with Gasteiger partial charge in [-0.25, -0.2) is 8.42 Å². The van der Waals surface area contributed by atoms with Crippen LogP contribution in [0.5, 0.6) is 11.5 Å². The predicted molar refractivity (Wildman–Crippen MR) is 133 cm³/mol. The summed E-state index contributed by atoms with van der Waals surface area (Å²) < 4.78 is 38.6. The van der Waals surface area contributed by atoms with E-state index in [9.17, 15) is 13.2 Å². The molecule has 3 aromatic rings. The predicted octanol–water partition coefficient (Wildman–Crippen LogP) is 3.96. The number of hydrogen-bond donors (Lipinski definition) is 1. The normalized spacial score (nSPS) is 11.0. The molecule has 8 heteroatoms. The highest BCUT2D eigenvalue weighted by Gasteiger charge is 2.27. The first-order valence-electron chi connectivity index (χ1n) is 11.1. The summed E-state index contributed by atoms with van der Waals surface area (Å²) in [5.41, 5.74) is 2.37. The number of nitrogens with one attached hydrogen (secondary N) is 1. The molecule has 0 spiro atoms. The van der Waals surface area contributed by atoms with Crippen LogP contribution < -0.4 is 19.1 Å². The van der Waals surface area contributed by atoms with Gasteiger partial charge < -0.3 is 14.8 Å². The van der Waals surface area contributed by atoms with Crippen molar-refractivity contribution in [3.8, 4) is 11.5 Å². The van der Waals surface area contributed by atoms with Crippen molar-refractivity contribution >= 4 is 21.6 Å². The Bertz CT molecular complexity index is 1180. The molecule has 34 heavy (non-hydrogen) atoms. The maximum Gasteiger partial charge on any atom is 0.264 e. The summed E-state index contributed by atoms with van der Waals surface area (Å²) in [5, 5.41) is 2.82. The summed E-state index contributed by atoms with van der Waals surface area (Å²) in [6.45, 7) is 4.30. The first-order chi connectivity index (χ1) is 16.3. The van der Waals surface area contributed by atoms with E-state index in [2.05, 4.69) is 5.32 Å². The number of ether oxygens (including phenoxy) is 2. The number of anilines is 1. The van der Waals surface area contributed by atoms with Crippen molar-refractivity contribution in [1.82, 2.24) is 5.32 Å². The van der Waals surface area contributed by atoms with Crippen LogP contribution in [-0.4, -0.2) is 41.1 Å². The summed E-state index contributed by atoms with van der Waals surface area (Å²) in [5.74, 6) is 1.00. The van der Waals surface area contributed by atoms with Crippen LogP contribution in [0.15, 0.2) is 77.7 Å². The Hall–Kier alpha value is -3.52. The van der Waals surface area contributed by atoms with Crippen molar-refractivity contribution < 1.29 is 22.7 Å². The monoisotopic (exact) mass is 482 g/mol. The van der Waals surface area contributed by atoms with E-state index in [1.54, 1.807) is 55.6 Å². The fraction of sp³-hybridized carbons (Fsp3) is 0.269. The van der Waals surface area contributed by atoms with E-state index < -0.39 is 15.9 Å². The fourth-order valence-electron chi connectivity index (χ4n) is 3.35. The maximum atomic E-state index is 13.4. The Balaban J connectivity index is 1.75. The molecule has 0 heterocycles. The summed E-state index contributed by atoms with van der Waals surface area (Å²) in [6, 6.07) is 20.8. The van der Waals surface area contributed by atoms with Crippen LogP contribution in [0, 0.1) is 6.92 Å². The number of carbonyl (C=O) groups is 1. The fourth-order valence-corrected chi connectivity index (χ4v) is 4.77. The average Bonchev–Trinajstić information content (AvgIpc) is 2.84. The van der Waals surface area contributed by atoms with Gasteiger partial charge in [-0.2, -0.15) is 0 Å². The Morgan fingerprint density at radius 3 is 2.12 bits per heavy atom. The van der Waals surface area contributed by atoms with Gasteiger partial charge in [-0.05, 0) is 74.4 Å². The van der Waals surface area contributed by atoms with Gasteiger partial charge in [0.2, 0.25) is 5.91 Å². The molecule has 0 fully saturated rings. The van der Waals surface area contributed by atoms with E-state index in [-0.39, 0.29) is 11.4 Å². The topological polar surface area (TPSA) is 84.9 Å². The molecule has 0 radical (unpaired) electrons. The van der Waals surface area contributed by atoms with Crippen molar-refractivity contribution in [3.05, 3.63) is 83.9 Å². The molecule has 0 bridgehead atoms. The highest BCUT2D eigenvalue weighted by Crippen LogP contribution is 2.26. The van der Waals surface area contributed by atoms with Crippen molar-refractivity contribution in [3.63, 3.8) is 0 Å². The number of hydrogen-bond acceptors (Lipinski definition) is 5. The maximum absolute atomic E-state index is 13.4. The molecule has 180 valence electrons. The second-order valence-corrected chi connectivity index (χ2v) is 9.56. The molecule has 0 atom stereocenters. The van der Waals surface area contributed by atoms with Crippen LogP contribution in [0.1, 0.15) is 18.1 Å². The van der Waals surface area contributed by atoms with E-state index in [4.69, 9.17) is 9.47 Å². The molecule has 3 aromatic carbocycles. The van der Waals surface area contributed by atoms with E-state index >= 15 is 0 Å². The van der Waals surface area contributed by atoms with Gasteiger partial charge in [0.05, 0.1) is 24.3 Å². The second kappa shape index (κ2) is 11.6. The largest absolute Gasteiger partial charge is 0.497 e. The minimum atomic E-state index is -3.96. The summed E-state index contributed by atoms with van der Waals surface area (Å²) in [4.78, 5) is 12.9.